The van der Waals surface area contributed by atoms with Crippen molar-refractivity contribution in [3.05, 3.63) is 0 Å². The lowest BCUT2D eigenvalue weighted by Gasteiger charge is -2.12. The van der Waals surface area contributed by atoms with E-state index in [9.17, 15) is 0 Å². The van der Waals surface area contributed by atoms with E-state index in [1.54, 1.807) is 7.11 Å². The number of hydrogen-bond donors (Lipinski definition) is 0. The third-order valence-corrected chi connectivity index (χ3v) is 1.31. The third kappa shape index (κ3) is 6.09. The van der Waals surface area contributed by atoms with Crippen LogP contribution >= 0.6 is 11.6 Å². The van der Waals surface area contributed by atoms with E-state index in [0.29, 0.717) is 5.88 Å². The molecule has 56 valence electrons. The summed E-state index contributed by atoms with van der Waals surface area (Å²) in [5.41, 5.74) is 0. The first-order valence-corrected chi connectivity index (χ1v) is 3.58. The average Bonchev–Trinajstić information content (AvgIpc) is 1.85. The molecule has 0 aliphatic rings. The van der Waals surface area contributed by atoms with Crippen LogP contribution in [0.5, 0.6) is 0 Å². The molecule has 0 spiro atoms. The van der Waals surface area contributed by atoms with E-state index in [4.69, 9.17) is 16.3 Å². The van der Waals surface area contributed by atoms with Gasteiger partial charge in [0, 0.05) is 26.1 Å². The summed E-state index contributed by atoms with van der Waals surface area (Å²) in [7, 11) is 3.73. The van der Waals surface area contributed by atoms with Crippen LogP contribution in [0, 0.1) is 0 Å². The molecule has 0 heterocycles. The van der Waals surface area contributed by atoms with Crippen LogP contribution in [-0.2, 0) is 4.74 Å². The Balaban J connectivity index is 2.95. The highest BCUT2D eigenvalue weighted by atomic mass is 35.5. The van der Waals surface area contributed by atoms with Gasteiger partial charge in [0.05, 0.1) is 6.61 Å². The first-order chi connectivity index (χ1) is 4.31. The van der Waals surface area contributed by atoms with Gasteiger partial charge in [-0.3, -0.25) is 0 Å². The van der Waals surface area contributed by atoms with Crippen molar-refractivity contribution in [3.63, 3.8) is 0 Å². The first-order valence-electron chi connectivity index (χ1n) is 3.04. The predicted octanol–water partition coefficient (Wildman–Crippen LogP) is 0.803. The highest BCUT2D eigenvalue weighted by Gasteiger charge is 1.93. The van der Waals surface area contributed by atoms with Crippen LogP contribution in [0.3, 0.4) is 0 Å². The Bertz CT molecular complexity index is 61.0. The summed E-state index contributed by atoms with van der Waals surface area (Å²) in [5, 5.41) is 0. The lowest BCUT2D eigenvalue weighted by Crippen LogP contribution is -2.24. The number of alkyl halides is 1. The monoisotopic (exact) mass is 151 g/mol. The van der Waals surface area contributed by atoms with Crippen molar-refractivity contribution in [1.82, 2.24) is 4.90 Å². The van der Waals surface area contributed by atoms with Gasteiger partial charge >= 0.3 is 0 Å². The molecule has 0 aromatic rings. The topological polar surface area (TPSA) is 12.5 Å². The minimum absolute atomic E-state index is 0.695. The third-order valence-electron chi connectivity index (χ3n) is 1.14. The van der Waals surface area contributed by atoms with Gasteiger partial charge in [-0.15, -0.1) is 11.6 Å². The second kappa shape index (κ2) is 6.33. The standard InChI is InChI=1S/C6H14ClNO/c1-8(4-3-7)5-6-9-2/h3-6H2,1-2H3. The van der Waals surface area contributed by atoms with Crippen LogP contribution in [0.1, 0.15) is 0 Å². The molecule has 0 N–H and O–H groups in total. The van der Waals surface area contributed by atoms with E-state index < -0.39 is 0 Å². The fourth-order valence-electron chi connectivity index (χ4n) is 0.503. The van der Waals surface area contributed by atoms with Gasteiger partial charge in [-0.1, -0.05) is 0 Å². The summed E-state index contributed by atoms with van der Waals surface area (Å²) >= 11 is 5.49. The minimum Gasteiger partial charge on any atom is -0.383 e. The van der Waals surface area contributed by atoms with Crippen molar-refractivity contribution in [2.45, 2.75) is 0 Å². The number of hydrogen-bond acceptors (Lipinski definition) is 2. The zero-order valence-electron chi connectivity index (χ0n) is 6.06. The molecule has 0 rings (SSSR count). The molecule has 2 nitrogen and oxygen atoms in total. The maximum atomic E-state index is 5.49. The zero-order valence-corrected chi connectivity index (χ0v) is 6.82. The van der Waals surface area contributed by atoms with E-state index >= 15 is 0 Å². The molecule has 0 aliphatic heterocycles. The van der Waals surface area contributed by atoms with Crippen molar-refractivity contribution in [2.75, 3.05) is 39.7 Å². The Kier molecular flexibility index (Phi) is 6.48. The molecular weight excluding hydrogens is 138 g/mol. The lowest BCUT2D eigenvalue weighted by molar-refractivity contribution is 0.164. The van der Waals surface area contributed by atoms with E-state index in [1.165, 1.54) is 0 Å². The maximum absolute atomic E-state index is 5.49. The number of rotatable bonds is 5. The van der Waals surface area contributed by atoms with Gasteiger partial charge in [0.2, 0.25) is 0 Å². The molecule has 0 amide bonds. The summed E-state index contributed by atoms with van der Waals surface area (Å²) in [6, 6.07) is 0. The second-order valence-electron chi connectivity index (χ2n) is 1.99. The van der Waals surface area contributed by atoms with Gasteiger partial charge in [0.1, 0.15) is 0 Å². The van der Waals surface area contributed by atoms with Crippen LogP contribution in [-0.4, -0.2) is 44.6 Å². The van der Waals surface area contributed by atoms with E-state index in [1.807, 2.05) is 7.05 Å². The molecule has 9 heavy (non-hydrogen) atoms. The number of nitrogens with zero attached hydrogens (tertiary/aromatic N) is 1. The van der Waals surface area contributed by atoms with Crippen LogP contribution in [0.15, 0.2) is 0 Å². The average molecular weight is 152 g/mol. The SMILES string of the molecule is COCCN(C)CCCl. The van der Waals surface area contributed by atoms with Crippen molar-refractivity contribution in [1.29, 1.82) is 0 Å². The summed E-state index contributed by atoms with van der Waals surface area (Å²) in [4.78, 5) is 2.14. The maximum Gasteiger partial charge on any atom is 0.0589 e. The van der Waals surface area contributed by atoms with Gasteiger partial charge in [-0.25, -0.2) is 0 Å². The highest BCUT2D eigenvalue weighted by molar-refractivity contribution is 6.18. The fraction of sp³-hybridized carbons (Fsp3) is 1.00. The van der Waals surface area contributed by atoms with Crippen LogP contribution in [0.2, 0.25) is 0 Å². The summed E-state index contributed by atoms with van der Waals surface area (Å²) in [5.74, 6) is 0.695. The molecule has 0 aromatic heterocycles. The number of halogens is 1. The lowest BCUT2D eigenvalue weighted by atomic mass is 10.5. The second-order valence-corrected chi connectivity index (χ2v) is 2.36. The summed E-state index contributed by atoms with van der Waals surface area (Å²) < 4.78 is 4.87. The molecule has 0 saturated carbocycles. The molecule has 0 aromatic carbocycles. The van der Waals surface area contributed by atoms with E-state index in [-0.39, 0.29) is 0 Å². The Morgan fingerprint density at radius 3 is 2.56 bits per heavy atom. The van der Waals surface area contributed by atoms with Gasteiger partial charge in [0.25, 0.3) is 0 Å². The number of methoxy groups -OCH3 is 1. The van der Waals surface area contributed by atoms with Gasteiger partial charge in [-0.2, -0.15) is 0 Å². The van der Waals surface area contributed by atoms with Gasteiger partial charge in [-0.05, 0) is 7.05 Å². The Morgan fingerprint density at radius 1 is 1.44 bits per heavy atom. The Hall–Kier alpha value is 0.210. The Labute approximate surface area is 61.7 Å². The minimum atomic E-state index is 0.695. The van der Waals surface area contributed by atoms with E-state index in [2.05, 4.69) is 4.90 Å². The number of likely N-dealkylation sites (N-methyl/N-ethyl adjacent to an activating group) is 1. The highest BCUT2D eigenvalue weighted by Crippen LogP contribution is 1.83. The summed E-state index contributed by atoms with van der Waals surface area (Å²) in [6.45, 7) is 2.68. The molecular formula is C6H14ClNO. The molecule has 0 saturated heterocycles. The van der Waals surface area contributed by atoms with Crippen LogP contribution in [0.4, 0.5) is 0 Å². The van der Waals surface area contributed by atoms with Gasteiger partial charge in [0.15, 0.2) is 0 Å². The molecule has 0 aliphatic carbocycles. The van der Waals surface area contributed by atoms with Crippen LogP contribution in [0.25, 0.3) is 0 Å². The van der Waals surface area contributed by atoms with Crippen molar-refractivity contribution in [2.24, 2.45) is 0 Å². The van der Waals surface area contributed by atoms with Crippen molar-refractivity contribution in [3.8, 4) is 0 Å². The molecule has 0 bridgehead atoms. The number of ether oxygens (including phenoxy) is 1. The van der Waals surface area contributed by atoms with Gasteiger partial charge < -0.3 is 9.64 Å². The smallest absolute Gasteiger partial charge is 0.0589 e. The molecule has 0 atom stereocenters. The van der Waals surface area contributed by atoms with Crippen molar-refractivity contribution < 1.29 is 4.74 Å². The molecule has 0 radical (unpaired) electrons. The van der Waals surface area contributed by atoms with E-state index in [0.717, 1.165) is 19.7 Å². The molecule has 0 fully saturated rings. The predicted molar refractivity (Wildman–Crippen MR) is 40.1 cm³/mol. The quantitative estimate of drug-likeness (QED) is 0.539. The zero-order chi connectivity index (χ0) is 7.11. The van der Waals surface area contributed by atoms with Crippen LogP contribution < -0.4 is 0 Å². The molecule has 0 unspecified atom stereocenters. The fourth-order valence-corrected chi connectivity index (χ4v) is 0.792. The molecule has 3 heteroatoms. The normalized spacial score (nSPS) is 10.7. The summed E-state index contributed by atoms with van der Waals surface area (Å²) in [6.07, 6.45) is 0. The largest absolute Gasteiger partial charge is 0.383 e. The Morgan fingerprint density at radius 2 is 2.11 bits per heavy atom. The van der Waals surface area contributed by atoms with Crippen molar-refractivity contribution >= 4 is 11.6 Å². The first kappa shape index (κ1) is 9.21.